The van der Waals surface area contributed by atoms with Gasteiger partial charge in [0, 0.05) is 31.2 Å². The number of hydrogen-bond acceptors (Lipinski definition) is 3. The molecule has 6 nitrogen and oxygen atoms in total. The minimum atomic E-state index is -0.267. The number of aromatic nitrogens is 1. The van der Waals surface area contributed by atoms with Crippen LogP contribution in [0.15, 0.2) is 67.4 Å². The maximum Gasteiger partial charge on any atom is 0.247 e. The number of fused-ring (bicyclic) bond motifs is 1. The predicted octanol–water partition coefficient (Wildman–Crippen LogP) is 3.59. The van der Waals surface area contributed by atoms with Crippen molar-refractivity contribution in [3.05, 3.63) is 72.9 Å². The monoisotopic (exact) mass is 377 g/mol. The number of ether oxygens (including phenoxy) is 1. The summed E-state index contributed by atoms with van der Waals surface area (Å²) in [4.78, 5) is 23.7. The summed E-state index contributed by atoms with van der Waals surface area (Å²) in [6.45, 7) is 4.80. The van der Waals surface area contributed by atoms with Crippen molar-refractivity contribution in [3.63, 3.8) is 0 Å². The van der Waals surface area contributed by atoms with Gasteiger partial charge in [0.2, 0.25) is 11.8 Å². The number of benzene rings is 2. The van der Waals surface area contributed by atoms with Crippen LogP contribution in [0, 0.1) is 0 Å². The highest BCUT2D eigenvalue weighted by atomic mass is 16.5. The molecule has 2 N–H and O–H groups in total. The second kappa shape index (κ2) is 9.01. The van der Waals surface area contributed by atoms with Gasteiger partial charge in [-0.1, -0.05) is 24.8 Å². The Morgan fingerprint density at radius 1 is 1.07 bits per heavy atom. The zero-order valence-electron chi connectivity index (χ0n) is 15.8. The van der Waals surface area contributed by atoms with Crippen LogP contribution in [0.5, 0.6) is 0 Å². The topological polar surface area (TPSA) is 72.4 Å². The molecule has 6 heteroatoms. The Morgan fingerprint density at radius 3 is 2.54 bits per heavy atom. The van der Waals surface area contributed by atoms with Crippen molar-refractivity contribution in [1.29, 1.82) is 0 Å². The predicted molar refractivity (Wildman–Crippen MR) is 111 cm³/mol. The van der Waals surface area contributed by atoms with Gasteiger partial charge in [0.05, 0.1) is 18.5 Å². The molecule has 3 rings (SSSR count). The fourth-order valence-electron chi connectivity index (χ4n) is 2.94. The number of rotatable bonds is 8. The van der Waals surface area contributed by atoms with Gasteiger partial charge < -0.3 is 19.9 Å². The van der Waals surface area contributed by atoms with Gasteiger partial charge in [0.15, 0.2) is 0 Å². The maximum absolute atomic E-state index is 12.4. The molecule has 0 spiro atoms. The second-order valence-corrected chi connectivity index (χ2v) is 6.39. The number of carbonyl (C=O) groups is 2. The SMILES string of the molecule is C=CC(=O)Nc1ccc(CC(=O)Nc2ccc3ccn(CCOC)c3c2)cc1. The van der Waals surface area contributed by atoms with E-state index in [0.717, 1.165) is 28.7 Å². The number of amides is 2. The molecule has 0 unspecified atom stereocenters. The molecule has 0 atom stereocenters. The Morgan fingerprint density at radius 2 is 1.82 bits per heavy atom. The number of carbonyl (C=O) groups excluding carboxylic acids is 2. The van der Waals surface area contributed by atoms with E-state index < -0.39 is 0 Å². The Bertz CT molecular complexity index is 990. The van der Waals surface area contributed by atoms with Gasteiger partial charge in [-0.15, -0.1) is 0 Å². The molecule has 0 saturated heterocycles. The quantitative estimate of drug-likeness (QED) is 0.589. The van der Waals surface area contributed by atoms with E-state index in [1.807, 2.05) is 42.6 Å². The van der Waals surface area contributed by atoms with Crippen LogP contribution in [0.25, 0.3) is 10.9 Å². The van der Waals surface area contributed by atoms with Gasteiger partial charge in [-0.25, -0.2) is 0 Å². The molecule has 0 aliphatic heterocycles. The molecule has 0 bridgehead atoms. The minimum absolute atomic E-state index is 0.0998. The van der Waals surface area contributed by atoms with E-state index in [9.17, 15) is 9.59 Å². The van der Waals surface area contributed by atoms with Gasteiger partial charge >= 0.3 is 0 Å². The van der Waals surface area contributed by atoms with Crippen molar-refractivity contribution in [2.75, 3.05) is 24.4 Å². The van der Waals surface area contributed by atoms with Crippen LogP contribution in [-0.4, -0.2) is 30.1 Å². The van der Waals surface area contributed by atoms with Crippen molar-refractivity contribution in [3.8, 4) is 0 Å². The van der Waals surface area contributed by atoms with Crippen LogP contribution in [0.1, 0.15) is 5.56 Å². The fraction of sp³-hybridized carbons (Fsp3) is 0.182. The van der Waals surface area contributed by atoms with Crippen LogP contribution in [0.4, 0.5) is 11.4 Å². The molecule has 0 fully saturated rings. The first-order valence-electron chi connectivity index (χ1n) is 8.99. The van der Waals surface area contributed by atoms with E-state index in [0.29, 0.717) is 12.3 Å². The summed E-state index contributed by atoms with van der Waals surface area (Å²) >= 11 is 0. The van der Waals surface area contributed by atoms with E-state index >= 15 is 0 Å². The number of nitrogens with one attached hydrogen (secondary N) is 2. The first kappa shape index (κ1) is 19.4. The van der Waals surface area contributed by atoms with Crippen LogP contribution < -0.4 is 10.6 Å². The van der Waals surface area contributed by atoms with Crippen molar-refractivity contribution in [2.45, 2.75) is 13.0 Å². The van der Waals surface area contributed by atoms with E-state index in [2.05, 4.69) is 21.8 Å². The third-order valence-electron chi connectivity index (χ3n) is 4.37. The smallest absolute Gasteiger partial charge is 0.247 e. The van der Waals surface area contributed by atoms with E-state index in [1.165, 1.54) is 6.08 Å². The Hall–Kier alpha value is -3.38. The average Bonchev–Trinajstić information content (AvgIpc) is 3.10. The highest BCUT2D eigenvalue weighted by molar-refractivity contribution is 5.99. The Labute approximate surface area is 163 Å². The second-order valence-electron chi connectivity index (χ2n) is 6.39. The normalized spacial score (nSPS) is 10.6. The van der Waals surface area contributed by atoms with E-state index in [4.69, 9.17) is 4.74 Å². The van der Waals surface area contributed by atoms with Gasteiger partial charge in [0.25, 0.3) is 0 Å². The Kier molecular flexibility index (Phi) is 6.24. The van der Waals surface area contributed by atoms with Crippen molar-refractivity contribution in [2.24, 2.45) is 0 Å². The first-order valence-corrected chi connectivity index (χ1v) is 8.99. The van der Waals surface area contributed by atoms with Gasteiger partial charge in [-0.2, -0.15) is 0 Å². The molecule has 0 saturated carbocycles. The molecule has 1 aromatic heterocycles. The van der Waals surface area contributed by atoms with E-state index in [1.54, 1.807) is 19.2 Å². The van der Waals surface area contributed by atoms with Crippen LogP contribution in [-0.2, 0) is 27.3 Å². The summed E-state index contributed by atoms with van der Waals surface area (Å²) in [7, 11) is 1.68. The molecule has 2 amide bonds. The molecule has 3 aromatic rings. The van der Waals surface area contributed by atoms with Crippen LogP contribution >= 0.6 is 0 Å². The van der Waals surface area contributed by atoms with Crippen molar-refractivity contribution >= 4 is 34.1 Å². The third kappa shape index (κ3) is 4.86. The zero-order chi connectivity index (χ0) is 19.9. The molecule has 1 heterocycles. The molecular weight excluding hydrogens is 354 g/mol. The number of anilines is 2. The van der Waals surface area contributed by atoms with E-state index in [-0.39, 0.29) is 18.2 Å². The summed E-state index contributed by atoms with van der Waals surface area (Å²) in [5, 5.41) is 6.74. The molecule has 2 aromatic carbocycles. The third-order valence-corrected chi connectivity index (χ3v) is 4.37. The largest absolute Gasteiger partial charge is 0.383 e. The summed E-state index contributed by atoms with van der Waals surface area (Å²) in [6, 6.07) is 15.1. The minimum Gasteiger partial charge on any atom is -0.383 e. The number of methoxy groups -OCH3 is 1. The zero-order valence-corrected chi connectivity index (χ0v) is 15.8. The Balaban J connectivity index is 1.64. The average molecular weight is 377 g/mol. The highest BCUT2D eigenvalue weighted by Crippen LogP contribution is 2.21. The standard InChI is InChI=1S/C22H23N3O3/c1-3-21(26)23-18-7-4-16(5-8-18)14-22(27)24-19-9-6-17-10-11-25(12-13-28-2)20(17)15-19/h3-11,15H,1,12-14H2,2H3,(H,23,26)(H,24,27). The first-order chi connectivity index (χ1) is 13.6. The highest BCUT2D eigenvalue weighted by Gasteiger charge is 2.07. The molecule has 0 aliphatic rings. The molecular formula is C22H23N3O3. The lowest BCUT2D eigenvalue weighted by Gasteiger charge is -2.09. The molecule has 28 heavy (non-hydrogen) atoms. The summed E-state index contributed by atoms with van der Waals surface area (Å²) in [5.74, 6) is -0.367. The van der Waals surface area contributed by atoms with Gasteiger partial charge in [-0.05, 0) is 47.4 Å². The lowest BCUT2D eigenvalue weighted by Crippen LogP contribution is -2.14. The van der Waals surface area contributed by atoms with Crippen molar-refractivity contribution in [1.82, 2.24) is 4.57 Å². The van der Waals surface area contributed by atoms with Crippen molar-refractivity contribution < 1.29 is 14.3 Å². The number of hydrogen-bond donors (Lipinski definition) is 2. The van der Waals surface area contributed by atoms with Gasteiger partial charge in [0.1, 0.15) is 0 Å². The van der Waals surface area contributed by atoms with Gasteiger partial charge in [-0.3, -0.25) is 9.59 Å². The lowest BCUT2D eigenvalue weighted by molar-refractivity contribution is -0.115. The maximum atomic E-state index is 12.4. The lowest BCUT2D eigenvalue weighted by atomic mass is 10.1. The number of nitrogens with zero attached hydrogens (tertiary/aromatic N) is 1. The van der Waals surface area contributed by atoms with Crippen LogP contribution in [0.3, 0.4) is 0 Å². The summed E-state index contributed by atoms with van der Waals surface area (Å²) in [5.41, 5.74) is 3.33. The molecule has 144 valence electrons. The molecule has 0 radical (unpaired) electrons. The van der Waals surface area contributed by atoms with Crippen LogP contribution in [0.2, 0.25) is 0 Å². The summed E-state index contributed by atoms with van der Waals surface area (Å²) in [6.07, 6.45) is 3.48. The summed E-state index contributed by atoms with van der Waals surface area (Å²) < 4.78 is 7.24. The fourth-order valence-corrected chi connectivity index (χ4v) is 2.94. The molecule has 0 aliphatic carbocycles.